The lowest BCUT2D eigenvalue weighted by Gasteiger charge is -2.23. The lowest BCUT2D eigenvalue weighted by molar-refractivity contribution is -0.121. The van der Waals surface area contributed by atoms with Crippen molar-refractivity contribution in [2.24, 2.45) is 0 Å². The van der Waals surface area contributed by atoms with Crippen molar-refractivity contribution in [1.29, 1.82) is 0 Å². The van der Waals surface area contributed by atoms with Gasteiger partial charge in [0, 0.05) is 15.7 Å². The van der Waals surface area contributed by atoms with Gasteiger partial charge < -0.3 is 10.6 Å². The van der Waals surface area contributed by atoms with Crippen LogP contribution in [-0.2, 0) is 4.79 Å². The minimum Gasteiger partial charge on any atom is -0.324 e. The summed E-state index contributed by atoms with van der Waals surface area (Å²) in [4.78, 5) is 12.1. The van der Waals surface area contributed by atoms with E-state index in [1.54, 1.807) is 18.2 Å². The molecule has 1 atom stereocenters. The Morgan fingerprint density at radius 1 is 1.35 bits per heavy atom. The topological polar surface area (TPSA) is 41.1 Å². The Hall–Kier alpha value is -0.770. The minimum atomic E-state index is -0.491. The molecular formula is C12H14Cl2N2O. The van der Waals surface area contributed by atoms with E-state index in [0.29, 0.717) is 15.7 Å². The van der Waals surface area contributed by atoms with E-state index in [-0.39, 0.29) is 5.91 Å². The van der Waals surface area contributed by atoms with Gasteiger partial charge in [0.2, 0.25) is 5.91 Å². The monoisotopic (exact) mass is 272 g/mol. The Morgan fingerprint density at radius 2 is 2.00 bits per heavy atom. The predicted octanol–water partition coefficient (Wildman–Crippen LogP) is 3.07. The molecule has 17 heavy (non-hydrogen) atoms. The van der Waals surface area contributed by atoms with E-state index in [1.807, 2.05) is 6.92 Å². The van der Waals surface area contributed by atoms with Crippen LogP contribution in [0.2, 0.25) is 10.0 Å². The SMILES string of the molecule is CC1(C(=O)Nc2cc(Cl)cc(Cl)c2)CCCN1. The van der Waals surface area contributed by atoms with Crippen molar-refractivity contribution in [2.75, 3.05) is 11.9 Å². The van der Waals surface area contributed by atoms with Gasteiger partial charge in [-0.1, -0.05) is 23.2 Å². The normalized spacial score (nSPS) is 23.7. The molecule has 1 aromatic carbocycles. The first-order chi connectivity index (χ1) is 7.99. The van der Waals surface area contributed by atoms with Gasteiger partial charge in [-0.05, 0) is 44.5 Å². The molecule has 0 radical (unpaired) electrons. The summed E-state index contributed by atoms with van der Waals surface area (Å²) >= 11 is 11.8. The third-order valence-electron chi connectivity index (χ3n) is 2.99. The second-order valence-corrected chi connectivity index (χ2v) is 5.35. The standard InChI is InChI=1S/C12H14Cl2N2O/c1-12(3-2-4-15-12)11(17)16-10-6-8(13)5-9(14)7-10/h5-7,15H,2-4H2,1H3,(H,16,17). The summed E-state index contributed by atoms with van der Waals surface area (Å²) in [6, 6.07) is 5.00. The van der Waals surface area contributed by atoms with Gasteiger partial charge in [-0.2, -0.15) is 0 Å². The summed E-state index contributed by atoms with van der Waals surface area (Å²) in [6.07, 6.45) is 1.85. The quantitative estimate of drug-likeness (QED) is 0.869. The van der Waals surface area contributed by atoms with E-state index in [4.69, 9.17) is 23.2 Å². The summed E-state index contributed by atoms with van der Waals surface area (Å²) in [6.45, 7) is 2.78. The Balaban J connectivity index is 2.12. The fourth-order valence-corrected chi connectivity index (χ4v) is 2.51. The predicted molar refractivity (Wildman–Crippen MR) is 70.7 cm³/mol. The lowest BCUT2D eigenvalue weighted by atomic mass is 9.99. The van der Waals surface area contributed by atoms with E-state index in [2.05, 4.69) is 10.6 Å². The van der Waals surface area contributed by atoms with Crippen LogP contribution in [0, 0.1) is 0 Å². The molecular weight excluding hydrogens is 259 g/mol. The van der Waals surface area contributed by atoms with Crippen LogP contribution in [0.4, 0.5) is 5.69 Å². The third-order valence-corrected chi connectivity index (χ3v) is 3.43. The van der Waals surface area contributed by atoms with Crippen molar-refractivity contribution < 1.29 is 4.79 Å². The molecule has 1 fully saturated rings. The van der Waals surface area contributed by atoms with E-state index in [9.17, 15) is 4.79 Å². The van der Waals surface area contributed by atoms with Gasteiger partial charge in [0.05, 0.1) is 5.54 Å². The zero-order valence-electron chi connectivity index (χ0n) is 9.52. The molecule has 1 saturated heterocycles. The van der Waals surface area contributed by atoms with Crippen molar-refractivity contribution >= 4 is 34.8 Å². The first-order valence-electron chi connectivity index (χ1n) is 5.52. The molecule has 1 aliphatic heterocycles. The highest BCUT2D eigenvalue weighted by Crippen LogP contribution is 2.25. The number of rotatable bonds is 2. The van der Waals surface area contributed by atoms with E-state index < -0.39 is 5.54 Å². The molecule has 1 aromatic rings. The molecule has 0 spiro atoms. The summed E-state index contributed by atoms with van der Waals surface area (Å²) in [7, 11) is 0. The van der Waals surface area contributed by atoms with Crippen molar-refractivity contribution in [2.45, 2.75) is 25.3 Å². The maximum absolute atomic E-state index is 12.1. The maximum Gasteiger partial charge on any atom is 0.244 e. The van der Waals surface area contributed by atoms with Gasteiger partial charge in [0.1, 0.15) is 0 Å². The number of carbonyl (C=O) groups is 1. The number of amides is 1. The fourth-order valence-electron chi connectivity index (χ4n) is 1.98. The lowest BCUT2D eigenvalue weighted by Crippen LogP contribution is -2.47. The molecule has 1 unspecified atom stereocenters. The van der Waals surface area contributed by atoms with E-state index in [0.717, 1.165) is 19.4 Å². The zero-order chi connectivity index (χ0) is 12.5. The van der Waals surface area contributed by atoms with Crippen LogP contribution in [0.5, 0.6) is 0 Å². The molecule has 3 nitrogen and oxygen atoms in total. The third kappa shape index (κ3) is 2.92. The van der Waals surface area contributed by atoms with Crippen LogP contribution < -0.4 is 10.6 Å². The van der Waals surface area contributed by atoms with Crippen molar-refractivity contribution in [3.63, 3.8) is 0 Å². The number of anilines is 1. The number of nitrogens with one attached hydrogen (secondary N) is 2. The minimum absolute atomic E-state index is 0.0478. The van der Waals surface area contributed by atoms with E-state index in [1.165, 1.54) is 0 Å². The molecule has 1 amide bonds. The number of halogens is 2. The highest BCUT2D eigenvalue weighted by molar-refractivity contribution is 6.35. The van der Waals surface area contributed by atoms with Crippen LogP contribution >= 0.6 is 23.2 Å². The number of hydrogen-bond donors (Lipinski definition) is 2. The average Bonchev–Trinajstić information content (AvgIpc) is 2.64. The second-order valence-electron chi connectivity index (χ2n) is 4.47. The molecule has 5 heteroatoms. The van der Waals surface area contributed by atoms with Gasteiger partial charge >= 0.3 is 0 Å². The largest absolute Gasteiger partial charge is 0.324 e. The molecule has 92 valence electrons. The molecule has 2 N–H and O–H groups in total. The van der Waals surface area contributed by atoms with Crippen LogP contribution in [0.1, 0.15) is 19.8 Å². The maximum atomic E-state index is 12.1. The van der Waals surface area contributed by atoms with Gasteiger partial charge in [-0.3, -0.25) is 4.79 Å². The van der Waals surface area contributed by atoms with Crippen molar-refractivity contribution in [3.05, 3.63) is 28.2 Å². The van der Waals surface area contributed by atoms with Gasteiger partial charge in [-0.25, -0.2) is 0 Å². The van der Waals surface area contributed by atoms with Crippen LogP contribution in [0.3, 0.4) is 0 Å². The molecule has 0 bridgehead atoms. The summed E-state index contributed by atoms with van der Waals surface area (Å²) in [5.74, 6) is -0.0478. The first kappa shape index (κ1) is 12.7. The van der Waals surface area contributed by atoms with E-state index >= 15 is 0 Å². The van der Waals surface area contributed by atoms with Gasteiger partial charge in [0.25, 0.3) is 0 Å². The Labute approximate surface area is 110 Å². The Morgan fingerprint density at radius 3 is 2.53 bits per heavy atom. The molecule has 0 aromatic heterocycles. The average molecular weight is 273 g/mol. The first-order valence-corrected chi connectivity index (χ1v) is 6.28. The molecule has 1 aliphatic rings. The molecule has 0 saturated carbocycles. The van der Waals surface area contributed by atoms with Gasteiger partial charge in [0.15, 0.2) is 0 Å². The second kappa shape index (κ2) is 4.84. The zero-order valence-corrected chi connectivity index (χ0v) is 11.0. The Kier molecular flexibility index (Phi) is 3.61. The fraction of sp³-hybridized carbons (Fsp3) is 0.417. The number of carbonyl (C=O) groups excluding carboxylic acids is 1. The Bertz CT molecular complexity index is 422. The summed E-state index contributed by atoms with van der Waals surface area (Å²) in [5.41, 5.74) is 0.136. The van der Waals surface area contributed by atoms with Crippen LogP contribution in [-0.4, -0.2) is 18.0 Å². The number of benzene rings is 1. The summed E-state index contributed by atoms with van der Waals surface area (Å²) in [5, 5.41) is 7.06. The van der Waals surface area contributed by atoms with Gasteiger partial charge in [-0.15, -0.1) is 0 Å². The van der Waals surface area contributed by atoms with Crippen LogP contribution in [0.15, 0.2) is 18.2 Å². The molecule has 0 aliphatic carbocycles. The highest BCUT2D eigenvalue weighted by atomic mass is 35.5. The highest BCUT2D eigenvalue weighted by Gasteiger charge is 2.35. The van der Waals surface area contributed by atoms with Crippen LogP contribution in [0.25, 0.3) is 0 Å². The summed E-state index contributed by atoms with van der Waals surface area (Å²) < 4.78 is 0. The van der Waals surface area contributed by atoms with Crippen molar-refractivity contribution in [3.8, 4) is 0 Å². The molecule has 1 heterocycles. The van der Waals surface area contributed by atoms with Crippen molar-refractivity contribution in [1.82, 2.24) is 5.32 Å². The number of hydrogen-bond acceptors (Lipinski definition) is 2. The smallest absolute Gasteiger partial charge is 0.244 e. The molecule has 2 rings (SSSR count).